The molecule has 0 aliphatic heterocycles. The number of halogens is 1. The molecule has 150 valence electrons. The SMILES string of the molecule is COc1cc(C(=O)Nc2cccc(-c3n[nH]c(C)n3)c2)cc(Cl)c1OCC(N)=O. The number of methoxy groups -OCH3 is 1. The Labute approximate surface area is 171 Å². The summed E-state index contributed by atoms with van der Waals surface area (Å²) in [4.78, 5) is 27.9. The van der Waals surface area contributed by atoms with Crippen LogP contribution in [0, 0.1) is 6.92 Å². The molecule has 0 fully saturated rings. The van der Waals surface area contributed by atoms with Gasteiger partial charge in [-0.05, 0) is 31.2 Å². The number of primary amides is 1. The number of carbonyl (C=O) groups is 2. The summed E-state index contributed by atoms with van der Waals surface area (Å²) in [6.45, 7) is 1.44. The number of carbonyl (C=O) groups excluding carboxylic acids is 2. The zero-order valence-corrected chi connectivity index (χ0v) is 16.4. The van der Waals surface area contributed by atoms with Gasteiger partial charge in [-0.3, -0.25) is 14.7 Å². The van der Waals surface area contributed by atoms with Gasteiger partial charge in [-0.15, -0.1) is 0 Å². The Bertz CT molecular complexity index is 1070. The number of amides is 2. The number of hydrogen-bond donors (Lipinski definition) is 3. The number of benzene rings is 2. The van der Waals surface area contributed by atoms with Crippen LogP contribution in [-0.4, -0.2) is 40.7 Å². The number of ether oxygens (including phenoxy) is 2. The topological polar surface area (TPSA) is 132 Å². The molecule has 1 heterocycles. The van der Waals surface area contributed by atoms with E-state index in [4.69, 9.17) is 26.8 Å². The minimum Gasteiger partial charge on any atom is -0.493 e. The van der Waals surface area contributed by atoms with E-state index in [1.54, 1.807) is 25.1 Å². The number of nitrogens with two attached hydrogens (primary N) is 1. The van der Waals surface area contributed by atoms with Gasteiger partial charge in [0.15, 0.2) is 23.9 Å². The first kappa shape index (κ1) is 20.2. The first-order valence-corrected chi connectivity index (χ1v) is 8.84. The van der Waals surface area contributed by atoms with E-state index in [9.17, 15) is 9.59 Å². The molecule has 0 aliphatic rings. The minimum absolute atomic E-state index is 0.112. The van der Waals surface area contributed by atoms with Gasteiger partial charge in [0, 0.05) is 16.8 Å². The molecule has 9 nitrogen and oxygen atoms in total. The highest BCUT2D eigenvalue weighted by Gasteiger charge is 2.17. The summed E-state index contributed by atoms with van der Waals surface area (Å²) in [5, 5.41) is 9.79. The molecule has 0 radical (unpaired) electrons. The van der Waals surface area contributed by atoms with Gasteiger partial charge in [-0.25, -0.2) is 4.98 Å². The smallest absolute Gasteiger partial charge is 0.255 e. The van der Waals surface area contributed by atoms with Gasteiger partial charge in [0.2, 0.25) is 0 Å². The summed E-state index contributed by atoms with van der Waals surface area (Å²) in [6, 6.07) is 9.99. The van der Waals surface area contributed by atoms with Crippen LogP contribution >= 0.6 is 11.6 Å². The molecule has 2 aromatic carbocycles. The Hall–Kier alpha value is -3.59. The Morgan fingerprint density at radius 3 is 2.72 bits per heavy atom. The Morgan fingerprint density at radius 1 is 1.28 bits per heavy atom. The van der Waals surface area contributed by atoms with Crippen LogP contribution in [0.3, 0.4) is 0 Å². The molecule has 0 saturated carbocycles. The summed E-state index contributed by atoms with van der Waals surface area (Å²) in [5.41, 5.74) is 6.63. The standard InChI is InChI=1S/C19H18ClN5O4/c1-10-22-18(25-24-10)11-4-3-5-13(6-11)23-19(27)12-7-14(20)17(15(8-12)28-2)29-9-16(21)26/h3-8H,9H2,1-2H3,(H2,21,26)(H,23,27)(H,22,24,25). The molecule has 0 bridgehead atoms. The van der Waals surface area contributed by atoms with Crippen LogP contribution < -0.4 is 20.5 Å². The fourth-order valence-corrected chi connectivity index (χ4v) is 2.81. The molecule has 3 aromatic rings. The van der Waals surface area contributed by atoms with Gasteiger partial charge in [0.25, 0.3) is 11.8 Å². The van der Waals surface area contributed by atoms with Crippen molar-refractivity contribution in [2.75, 3.05) is 19.0 Å². The van der Waals surface area contributed by atoms with E-state index in [0.29, 0.717) is 17.3 Å². The molecule has 1 aromatic heterocycles. The number of hydrogen-bond acceptors (Lipinski definition) is 6. The fraction of sp³-hybridized carbons (Fsp3) is 0.158. The third kappa shape index (κ3) is 4.82. The van der Waals surface area contributed by atoms with Crippen LogP contribution in [-0.2, 0) is 4.79 Å². The molecule has 29 heavy (non-hydrogen) atoms. The largest absolute Gasteiger partial charge is 0.493 e. The molecular weight excluding hydrogens is 398 g/mol. The lowest BCUT2D eigenvalue weighted by Gasteiger charge is -2.13. The minimum atomic E-state index is -0.661. The van der Waals surface area contributed by atoms with Crippen LogP contribution in [0.1, 0.15) is 16.2 Å². The predicted octanol–water partition coefficient (Wildman–Crippen LogP) is 2.56. The molecule has 0 unspecified atom stereocenters. The number of nitrogens with one attached hydrogen (secondary N) is 2. The first-order valence-electron chi connectivity index (χ1n) is 8.47. The van der Waals surface area contributed by atoms with E-state index < -0.39 is 11.8 Å². The maximum absolute atomic E-state index is 12.7. The second kappa shape index (κ2) is 8.61. The zero-order valence-electron chi connectivity index (χ0n) is 15.7. The molecule has 0 atom stereocenters. The Morgan fingerprint density at radius 2 is 2.07 bits per heavy atom. The number of nitrogens with zero attached hydrogens (tertiary/aromatic N) is 2. The van der Waals surface area contributed by atoms with Gasteiger partial charge in [-0.1, -0.05) is 23.7 Å². The molecule has 0 saturated heterocycles. The highest BCUT2D eigenvalue weighted by atomic mass is 35.5. The number of anilines is 1. The van der Waals surface area contributed by atoms with E-state index in [-0.39, 0.29) is 28.7 Å². The molecule has 2 amide bonds. The van der Waals surface area contributed by atoms with Gasteiger partial charge in [-0.2, -0.15) is 5.10 Å². The lowest BCUT2D eigenvalue weighted by Crippen LogP contribution is -2.20. The Kier molecular flexibility index (Phi) is 5.99. The van der Waals surface area contributed by atoms with Crippen molar-refractivity contribution < 1.29 is 19.1 Å². The highest BCUT2D eigenvalue weighted by molar-refractivity contribution is 6.32. The van der Waals surface area contributed by atoms with Gasteiger partial charge in [0.1, 0.15) is 5.82 Å². The summed E-state index contributed by atoms with van der Waals surface area (Å²) in [5.74, 6) is 0.482. The maximum Gasteiger partial charge on any atom is 0.255 e. The molecule has 0 spiro atoms. The highest BCUT2D eigenvalue weighted by Crippen LogP contribution is 2.36. The van der Waals surface area contributed by atoms with Crippen LogP contribution in [0.15, 0.2) is 36.4 Å². The van der Waals surface area contributed by atoms with Crippen molar-refractivity contribution in [2.45, 2.75) is 6.92 Å². The van der Waals surface area contributed by atoms with Crippen LogP contribution in [0.2, 0.25) is 5.02 Å². The normalized spacial score (nSPS) is 10.4. The first-order chi connectivity index (χ1) is 13.9. The molecular formula is C19H18ClN5O4. The van der Waals surface area contributed by atoms with E-state index in [1.807, 2.05) is 6.07 Å². The number of aryl methyl sites for hydroxylation is 1. The molecule has 0 aliphatic carbocycles. The monoisotopic (exact) mass is 415 g/mol. The van der Waals surface area contributed by atoms with Crippen molar-refractivity contribution >= 4 is 29.1 Å². The zero-order chi connectivity index (χ0) is 21.0. The van der Waals surface area contributed by atoms with Crippen LogP contribution in [0.4, 0.5) is 5.69 Å². The van der Waals surface area contributed by atoms with Crippen LogP contribution in [0.25, 0.3) is 11.4 Å². The average molecular weight is 416 g/mol. The third-order valence-corrected chi connectivity index (χ3v) is 4.11. The third-order valence-electron chi connectivity index (χ3n) is 3.83. The number of H-pyrrole nitrogens is 1. The van der Waals surface area contributed by atoms with Gasteiger partial charge >= 0.3 is 0 Å². The van der Waals surface area contributed by atoms with Crippen molar-refractivity contribution in [1.82, 2.24) is 15.2 Å². The summed E-state index contributed by atoms with van der Waals surface area (Å²) < 4.78 is 10.5. The van der Waals surface area contributed by atoms with Crippen molar-refractivity contribution in [3.05, 3.63) is 52.8 Å². The van der Waals surface area contributed by atoms with E-state index in [0.717, 1.165) is 5.56 Å². The molecule has 4 N–H and O–H groups in total. The lowest BCUT2D eigenvalue weighted by atomic mass is 10.1. The van der Waals surface area contributed by atoms with E-state index >= 15 is 0 Å². The van der Waals surface area contributed by atoms with Gasteiger partial charge < -0.3 is 20.5 Å². The quantitative estimate of drug-likeness (QED) is 0.543. The number of rotatable bonds is 7. The molecule has 3 rings (SSSR count). The van der Waals surface area contributed by atoms with Gasteiger partial charge in [0.05, 0.1) is 12.1 Å². The second-order valence-electron chi connectivity index (χ2n) is 6.02. The second-order valence-corrected chi connectivity index (χ2v) is 6.43. The fourth-order valence-electron chi connectivity index (χ4n) is 2.55. The summed E-state index contributed by atoms with van der Waals surface area (Å²) in [6.07, 6.45) is 0. The number of aromatic amines is 1. The Balaban J connectivity index is 1.82. The predicted molar refractivity (Wildman–Crippen MR) is 107 cm³/mol. The van der Waals surface area contributed by atoms with E-state index in [1.165, 1.54) is 19.2 Å². The van der Waals surface area contributed by atoms with Crippen molar-refractivity contribution in [3.8, 4) is 22.9 Å². The van der Waals surface area contributed by atoms with Crippen molar-refractivity contribution in [3.63, 3.8) is 0 Å². The van der Waals surface area contributed by atoms with Crippen LogP contribution in [0.5, 0.6) is 11.5 Å². The summed E-state index contributed by atoms with van der Waals surface area (Å²) in [7, 11) is 1.40. The average Bonchev–Trinajstić information content (AvgIpc) is 3.13. The summed E-state index contributed by atoms with van der Waals surface area (Å²) >= 11 is 6.19. The molecule has 10 heteroatoms. The lowest BCUT2D eigenvalue weighted by molar-refractivity contribution is -0.119. The maximum atomic E-state index is 12.7. The van der Waals surface area contributed by atoms with Crippen molar-refractivity contribution in [1.29, 1.82) is 0 Å². The number of aromatic nitrogens is 3. The van der Waals surface area contributed by atoms with Crippen molar-refractivity contribution in [2.24, 2.45) is 5.73 Å². The van der Waals surface area contributed by atoms with E-state index in [2.05, 4.69) is 20.5 Å².